The van der Waals surface area contributed by atoms with Crippen molar-refractivity contribution in [2.45, 2.75) is 75.7 Å². The topological polar surface area (TPSA) is 154 Å². The monoisotopic (exact) mass is 732 g/mol. The molecule has 0 radical (unpaired) electrons. The number of carbonyl (C=O) groups excluding carboxylic acids is 1. The fraction of sp³-hybridized carbons (Fsp3) is 0.390. The number of carboxylic acid groups (broad SMARTS) is 1. The molecule has 2 aliphatic carbocycles. The molecule has 4 aromatic rings. The zero-order valence-corrected chi connectivity index (χ0v) is 30.2. The van der Waals surface area contributed by atoms with E-state index >= 15 is 0 Å². The smallest absolute Gasteiger partial charge is 0.320 e. The number of rotatable bonds is 11. The number of benzene rings is 2. The zero-order valence-electron chi connectivity index (χ0n) is 29.5. The number of halogens is 1. The summed E-state index contributed by atoms with van der Waals surface area (Å²) in [5.74, 6) is -1.05. The molecule has 53 heavy (non-hydrogen) atoms. The number of carboxylic acids is 1. The van der Waals surface area contributed by atoms with E-state index in [1.54, 1.807) is 12.3 Å². The predicted molar refractivity (Wildman–Crippen MR) is 199 cm³/mol. The van der Waals surface area contributed by atoms with Crippen molar-refractivity contribution in [2.75, 3.05) is 19.8 Å². The third-order valence-electron chi connectivity index (χ3n) is 11.1. The van der Waals surface area contributed by atoms with Crippen LogP contribution in [-0.4, -0.2) is 63.7 Å². The van der Waals surface area contributed by atoms with E-state index in [-0.39, 0.29) is 17.4 Å². The SMILES string of the molecule is CC1C(c2ccccc2Cl)=CC=CC1(NC(=O)c1cc(C2CC2)c(CNC2COC2)cn1)c1nc2cc(CN3CCCC[C@H]3C(=O)O)cc(C#N)c2o1. The van der Waals surface area contributed by atoms with E-state index in [9.17, 15) is 20.0 Å². The molecule has 0 spiro atoms. The van der Waals surface area contributed by atoms with Gasteiger partial charge in [-0.15, -0.1) is 0 Å². The van der Waals surface area contributed by atoms with E-state index in [1.165, 1.54) is 0 Å². The van der Waals surface area contributed by atoms with E-state index in [0.717, 1.165) is 53.5 Å². The summed E-state index contributed by atoms with van der Waals surface area (Å²) in [6.45, 7) is 5.05. The van der Waals surface area contributed by atoms with E-state index in [1.807, 2.05) is 66.4 Å². The fourth-order valence-electron chi connectivity index (χ4n) is 7.86. The fourth-order valence-corrected chi connectivity index (χ4v) is 8.10. The summed E-state index contributed by atoms with van der Waals surface area (Å²) in [4.78, 5) is 38.0. The Kier molecular flexibility index (Phi) is 9.64. The van der Waals surface area contributed by atoms with Crippen LogP contribution in [0.3, 0.4) is 0 Å². The van der Waals surface area contributed by atoms with Crippen molar-refractivity contribution in [3.8, 4) is 6.07 Å². The van der Waals surface area contributed by atoms with Crippen LogP contribution in [0, 0.1) is 17.2 Å². The number of piperidine rings is 1. The number of aromatic nitrogens is 2. The first-order valence-corrected chi connectivity index (χ1v) is 18.7. The minimum Gasteiger partial charge on any atom is -0.480 e. The Labute approximate surface area is 312 Å². The Morgan fingerprint density at radius 2 is 1.98 bits per heavy atom. The molecule has 0 bridgehead atoms. The second kappa shape index (κ2) is 14.5. The van der Waals surface area contributed by atoms with Crippen molar-refractivity contribution in [1.82, 2.24) is 25.5 Å². The highest BCUT2D eigenvalue weighted by Gasteiger charge is 2.46. The minimum atomic E-state index is -1.29. The maximum atomic E-state index is 14.4. The second-order valence-electron chi connectivity index (χ2n) is 14.6. The second-order valence-corrected chi connectivity index (χ2v) is 15.0. The maximum Gasteiger partial charge on any atom is 0.320 e. The largest absolute Gasteiger partial charge is 0.480 e. The van der Waals surface area contributed by atoms with Gasteiger partial charge in [-0.3, -0.25) is 19.5 Å². The molecule has 2 aromatic carbocycles. The quantitative estimate of drug-likeness (QED) is 0.156. The first-order chi connectivity index (χ1) is 25.7. The van der Waals surface area contributed by atoms with Gasteiger partial charge in [0.05, 0.1) is 24.8 Å². The number of hydrogen-bond acceptors (Lipinski definition) is 9. The molecular formula is C41H41ClN6O5. The third-order valence-corrected chi connectivity index (χ3v) is 11.4. The molecule has 4 heterocycles. The molecule has 1 saturated carbocycles. The molecule has 3 atom stereocenters. The van der Waals surface area contributed by atoms with Crippen LogP contribution < -0.4 is 10.6 Å². The van der Waals surface area contributed by atoms with Gasteiger partial charge in [-0.05, 0) is 96.3 Å². The molecule has 272 valence electrons. The number of likely N-dealkylation sites (tertiary alicyclic amines) is 1. The minimum absolute atomic E-state index is 0.211. The molecule has 8 rings (SSSR count). The van der Waals surface area contributed by atoms with Gasteiger partial charge >= 0.3 is 5.97 Å². The molecule has 3 fully saturated rings. The van der Waals surface area contributed by atoms with Crippen LogP contribution in [0.25, 0.3) is 16.7 Å². The summed E-state index contributed by atoms with van der Waals surface area (Å²) in [5, 5.41) is 27.5. The van der Waals surface area contributed by atoms with Gasteiger partial charge in [0.15, 0.2) is 5.58 Å². The molecule has 2 aliphatic heterocycles. The van der Waals surface area contributed by atoms with E-state index in [0.29, 0.717) is 73.0 Å². The Bertz CT molecular complexity index is 2180. The molecule has 1 amide bonds. The van der Waals surface area contributed by atoms with Gasteiger partial charge in [0, 0.05) is 30.2 Å². The Hall–Kier alpha value is -4.86. The predicted octanol–water partition coefficient (Wildman–Crippen LogP) is 6.47. The van der Waals surface area contributed by atoms with Gasteiger partial charge in [-0.2, -0.15) is 5.26 Å². The number of aliphatic carboxylic acids is 1. The van der Waals surface area contributed by atoms with Crippen LogP contribution in [0.5, 0.6) is 0 Å². The van der Waals surface area contributed by atoms with Crippen LogP contribution in [0.2, 0.25) is 5.02 Å². The lowest BCUT2D eigenvalue weighted by Crippen LogP contribution is -2.50. The van der Waals surface area contributed by atoms with Gasteiger partial charge < -0.3 is 24.9 Å². The molecule has 2 unspecified atom stereocenters. The van der Waals surface area contributed by atoms with E-state index in [2.05, 4.69) is 21.7 Å². The molecule has 2 aromatic heterocycles. The van der Waals surface area contributed by atoms with Crippen molar-refractivity contribution >= 4 is 40.2 Å². The first-order valence-electron chi connectivity index (χ1n) is 18.3. The lowest BCUT2D eigenvalue weighted by Gasteiger charge is -2.38. The highest BCUT2D eigenvalue weighted by molar-refractivity contribution is 6.32. The molecule has 4 aliphatic rings. The number of hydrogen-bond donors (Lipinski definition) is 3. The molecule has 2 saturated heterocycles. The number of allylic oxidation sites excluding steroid dienone is 2. The maximum absolute atomic E-state index is 14.4. The molecule has 12 heteroatoms. The molecule has 11 nitrogen and oxygen atoms in total. The normalized spacial score (nSPS) is 23.3. The summed E-state index contributed by atoms with van der Waals surface area (Å²) in [7, 11) is 0. The number of carbonyl (C=O) groups is 2. The van der Waals surface area contributed by atoms with Crippen LogP contribution >= 0.6 is 11.6 Å². The summed E-state index contributed by atoms with van der Waals surface area (Å²) in [5.41, 5.74) is 4.69. The number of fused-ring (bicyclic) bond motifs is 1. The number of nitrogens with one attached hydrogen (secondary N) is 2. The van der Waals surface area contributed by atoms with Gasteiger partial charge in [-0.25, -0.2) is 4.98 Å². The Balaban J connectivity index is 1.17. The van der Waals surface area contributed by atoms with Crippen LogP contribution in [0.4, 0.5) is 0 Å². The average Bonchev–Trinajstić information content (AvgIpc) is 3.90. The van der Waals surface area contributed by atoms with Crippen molar-refractivity contribution in [3.05, 3.63) is 111 Å². The van der Waals surface area contributed by atoms with Crippen molar-refractivity contribution in [1.29, 1.82) is 5.26 Å². The number of ether oxygens (including phenoxy) is 1. The molecular weight excluding hydrogens is 692 g/mol. The lowest BCUT2D eigenvalue weighted by atomic mass is 9.74. The first kappa shape index (κ1) is 35.2. The number of nitriles is 1. The summed E-state index contributed by atoms with van der Waals surface area (Å²) < 4.78 is 11.8. The van der Waals surface area contributed by atoms with Gasteiger partial charge in [0.1, 0.15) is 28.9 Å². The van der Waals surface area contributed by atoms with E-state index < -0.39 is 23.5 Å². The lowest BCUT2D eigenvalue weighted by molar-refractivity contribution is -0.144. The highest BCUT2D eigenvalue weighted by Crippen LogP contribution is 2.46. The average molecular weight is 733 g/mol. The van der Waals surface area contributed by atoms with Crippen molar-refractivity contribution in [2.24, 2.45) is 5.92 Å². The number of amides is 1. The van der Waals surface area contributed by atoms with Gasteiger partial charge in [-0.1, -0.05) is 55.3 Å². The van der Waals surface area contributed by atoms with Crippen LogP contribution in [-0.2, 0) is 28.2 Å². The van der Waals surface area contributed by atoms with Gasteiger partial charge in [0.2, 0.25) is 5.89 Å². The Morgan fingerprint density at radius 3 is 2.72 bits per heavy atom. The highest BCUT2D eigenvalue weighted by atomic mass is 35.5. The summed E-state index contributed by atoms with van der Waals surface area (Å²) >= 11 is 6.73. The molecule has 3 N–H and O–H groups in total. The number of nitrogens with zero attached hydrogens (tertiary/aromatic N) is 4. The summed E-state index contributed by atoms with van der Waals surface area (Å²) in [6, 6.07) is 15.1. The number of oxazole rings is 1. The van der Waals surface area contributed by atoms with Crippen molar-refractivity contribution < 1.29 is 23.8 Å². The standard InChI is InChI=1S/C41H41ClN6O5/c1-24-30(31-7-2-3-9-33(31)42)8-6-13-41(24,47-38(49)35-17-32(26-11-12-26)28(20-45-35)19-44-29-22-52-23-29)40-46-34-16-25(15-27(18-43)37(34)53-40)21-48-14-5-4-10-36(48)39(50)51/h2-3,6-9,13,15-17,20,24,26,29,36,44H,4-5,10-12,14,19,21-23H2,1H3,(H,47,49)(H,50,51)/t24?,36-,41?/m0/s1. The third kappa shape index (κ3) is 6.88. The zero-order chi connectivity index (χ0) is 36.7. The van der Waals surface area contributed by atoms with Gasteiger partial charge in [0.25, 0.3) is 5.91 Å². The van der Waals surface area contributed by atoms with E-state index in [4.69, 9.17) is 25.7 Å². The van der Waals surface area contributed by atoms with Crippen molar-refractivity contribution in [3.63, 3.8) is 0 Å². The summed E-state index contributed by atoms with van der Waals surface area (Å²) in [6.07, 6.45) is 12.0. The van der Waals surface area contributed by atoms with Crippen LogP contribution in [0.15, 0.2) is 71.3 Å². The van der Waals surface area contributed by atoms with Crippen LogP contribution in [0.1, 0.15) is 89.1 Å². The Morgan fingerprint density at radius 1 is 1.15 bits per heavy atom. The number of pyridine rings is 1.